The van der Waals surface area contributed by atoms with Crippen LogP contribution in [0, 0.1) is 10.1 Å². The molecule has 1 aliphatic heterocycles. The van der Waals surface area contributed by atoms with Crippen molar-refractivity contribution in [1.82, 2.24) is 16.3 Å². The van der Waals surface area contributed by atoms with Crippen LogP contribution in [0.15, 0.2) is 41.5 Å². The number of hydrogen-bond donors (Lipinski definition) is 3. The molecule has 3 rings (SSSR count). The summed E-state index contributed by atoms with van der Waals surface area (Å²) < 4.78 is 15.8. The van der Waals surface area contributed by atoms with Gasteiger partial charge in [-0.2, -0.15) is 5.10 Å². The number of nitrogens with one attached hydrogen (secondary N) is 3. The third-order valence-corrected chi connectivity index (χ3v) is 4.82. The number of amides is 1. The van der Waals surface area contributed by atoms with Gasteiger partial charge in [0.05, 0.1) is 32.5 Å². The predicted molar refractivity (Wildman–Crippen MR) is 112 cm³/mol. The number of benzene rings is 2. The molecule has 164 valence electrons. The van der Waals surface area contributed by atoms with E-state index in [0.717, 1.165) is 5.56 Å². The first-order valence-electron chi connectivity index (χ1n) is 9.35. The molecule has 0 spiro atoms. The van der Waals surface area contributed by atoms with Crippen LogP contribution in [0.1, 0.15) is 23.6 Å². The van der Waals surface area contributed by atoms with Gasteiger partial charge in [-0.05, 0) is 18.1 Å². The van der Waals surface area contributed by atoms with Crippen LogP contribution in [-0.2, 0) is 4.79 Å². The van der Waals surface area contributed by atoms with Gasteiger partial charge in [0, 0.05) is 29.8 Å². The number of carbonyl (C=O) groups is 1. The topological polar surface area (TPSA) is 136 Å². The molecule has 0 aliphatic carbocycles. The lowest BCUT2D eigenvalue weighted by Crippen LogP contribution is -2.41. The molecule has 0 bridgehead atoms. The molecule has 1 heterocycles. The molecule has 0 radical (unpaired) electrons. The van der Waals surface area contributed by atoms with E-state index < -0.39 is 11.0 Å². The minimum absolute atomic E-state index is 0.000619. The molecule has 31 heavy (non-hydrogen) atoms. The first-order chi connectivity index (χ1) is 15.0. The molecule has 3 N–H and O–H groups in total. The zero-order chi connectivity index (χ0) is 22.4. The fourth-order valence-corrected chi connectivity index (χ4v) is 3.20. The standard InChI is InChI=1S/C20H23N5O6/c1-29-17-10-19(31-3)18(30-2)8-13(17)11-21-24-20(26)16-9-15(22-23-16)12-5-4-6-14(7-12)25(27)28/h4-8,10-11,15-16,22-23H,9H2,1-3H3,(H,24,26)/b21-11+. The molecule has 2 unspecified atom stereocenters. The van der Waals surface area contributed by atoms with Gasteiger partial charge in [-0.15, -0.1) is 0 Å². The number of non-ortho nitro benzene ring substituents is 1. The Labute approximate surface area is 178 Å². The fourth-order valence-electron chi connectivity index (χ4n) is 3.20. The van der Waals surface area contributed by atoms with Crippen LogP contribution in [-0.4, -0.2) is 44.4 Å². The zero-order valence-electron chi connectivity index (χ0n) is 17.2. The Morgan fingerprint density at radius 1 is 1.13 bits per heavy atom. The van der Waals surface area contributed by atoms with Crippen molar-refractivity contribution in [3.63, 3.8) is 0 Å². The average molecular weight is 429 g/mol. The van der Waals surface area contributed by atoms with Crippen molar-refractivity contribution in [2.45, 2.75) is 18.5 Å². The highest BCUT2D eigenvalue weighted by atomic mass is 16.6. The van der Waals surface area contributed by atoms with E-state index in [-0.39, 0.29) is 17.6 Å². The normalized spacial score (nSPS) is 18.0. The van der Waals surface area contributed by atoms with Gasteiger partial charge in [0.2, 0.25) is 0 Å². The Morgan fingerprint density at radius 2 is 1.84 bits per heavy atom. The van der Waals surface area contributed by atoms with Crippen LogP contribution in [0.4, 0.5) is 5.69 Å². The van der Waals surface area contributed by atoms with Crippen molar-refractivity contribution in [1.29, 1.82) is 0 Å². The van der Waals surface area contributed by atoms with Crippen molar-refractivity contribution in [3.8, 4) is 17.2 Å². The molecule has 2 atom stereocenters. The van der Waals surface area contributed by atoms with Crippen molar-refractivity contribution < 1.29 is 23.9 Å². The lowest BCUT2D eigenvalue weighted by Gasteiger charge is -2.12. The lowest BCUT2D eigenvalue weighted by molar-refractivity contribution is -0.384. The van der Waals surface area contributed by atoms with Crippen LogP contribution >= 0.6 is 0 Å². The van der Waals surface area contributed by atoms with E-state index in [1.54, 1.807) is 24.3 Å². The quantitative estimate of drug-likeness (QED) is 0.328. The van der Waals surface area contributed by atoms with E-state index in [1.807, 2.05) is 0 Å². The third-order valence-electron chi connectivity index (χ3n) is 4.82. The van der Waals surface area contributed by atoms with Crippen molar-refractivity contribution in [2.24, 2.45) is 5.10 Å². The SMILES string of the molecule is COc1cc(OC)c(OC)cc1/C=N/NC(=O)C1CC(c2cccc([N+](=O)[O-])c2)NN1. The van der Waals surface area contributed by atoms with E-state index in [9.17, 15) is 14.9 Å². The smallest absolute Gasteiger partial charge is 0.269 e. The first kappa shape index (κ1) is 22.0. The second-order valence-corrected chi connectivity index (χ2v) is 6.67. The molecule has 0 aromatic heterocycles. The maximum atomic E-state index is 12.5. The molecule has 2 aromatic rings. The van der Waals surface area contributed by atoms with Gasteiger partial charge in [-0.1, -0.05) is 12.1 Å². The number of hydrazine groups is 1. The van der Waals surface area contributed by atoms with Gasteiger partial charge in [-0.3, -0.25) is 14.9 Å². The average Bonchev–Trinajstić information content (AvgIpc) is 3.29. The Morgan fingerprint density at radius 3 is 2.52 bits per heavy atom. The molecule has 0 saturated carbocycles. The number of nitrogens with zero attached hydrogens (tertiary/aromatic N) is 2. The fraction of sp³-hybridized carbons (Fsp3) is 0.300. The highest BCUT2D eigenvalue weighted by Crippen LogP contribution is 2.33. The van der Waals surface area contributed by atoms with E-state index in [0.29, 0.717) is 29.2 Å². The Hall–Kier alpha value is -3.70. The Bertz CT molecular complexity index is 996. The third kappa shape index (κ3) is 5.08. The molecule has 1 aliphatic rings. The van der Waals surface area contributed by atoms with E-state index >= 15 is 0 Å². The Kier molecular flexibility index (Phi) is 7.00. The van der Waals surface area contributed by atoms with Gasteiger partial charge < -0.3 is 14.2 Å². The Balaban J connectivity index is 1.63. The highest BCUT2D eigenvalue weighted by molar-refractivity contribution is 5.87. The second-order valence-electron chi connectivity index (χ2n) is 6.67. The van der Waals surface area contributed by atoms with Gasteiger partial charge in [0.15, 0.2) is 11.5 Å². The van der Waals surface area contributed by atoms with Crippen LogP contribution in [0.2, 0.25) is 0 Å². The molecule has 11 heteroatoms. The molecule has 1 saturated heterocycles. The first-order valence-corrected chi connectivity index (χ1v) is 9.35. The molecule has 1 fully saturated rings. The maximum Gasteiger partial charge on any atom is 0.269 e. The maximum absolute atomic E-state index is 12.5. The molecule has 1 amide bonds. The summed E-state index contributed by atoms with van der Waals surface area (Å²) in [6.07, 6.45) is 1.85. The van der Waals surface area contributed by atoms with Gasteiger partial charge >= 0.3 is 0 Å². The zero-order valence-corrected chi connectivity index (χ0v) is 17.2. The number of hydrazone groups is 1. The summed E-state index contributed by atoms with van der Waals surface area (Å²) in [6.45, 7) is 0. The van der Waals surface area contributed by atoms with Gasteiger partial charge in [0.25, 0.3) is 11.6 Å². The van der Waals surface area contributed by atoms with E-state index in [4.69, 9.17) is 14.2 Å². The summed E-state index contributed by atoms with van der Waals surface area (Å²) >= 11 is 0. The van der Waals surface area contributed by atoms with Crippen LogP contribution in [0.3, 0.4) is 0 Å². The number of ether oxygens (including phenoxy) is 3. The second kappa shape index (κ2) is 9.87. The number of nitro groups is 1. The molecular weight excluding hydrogens is 406 g/mol. The van der Waals surface area contributed by atoms with Crippen LogP contribution in [0.5, 0.6) is 17.2 Å². The number of nitro benzene ring substituents is 1. The van der Waals surface area contributed by atoms with Crippen molar-refractivity contribution >= 4 is 17.8 Å². The molecule has 2 aromatic carbocycles. The predicted octanol–water partition coefficient (Wildman–Crippen LogP) is 1.68. The lowest BCUT2D eigenvalue weighted by atomic mass is 10.0. The number of rotatable bonds is 8. The van der Waals surface area contributed by atoms with Gasteiger partial charge in [-0.25, -0.2) is 16.3 Å². The molecular formula is C20H23N5O6. The summed E-state index contributed by atoms with van der Waals surface area (Å²) in [6, 6.07) is 8.83. The minimum Gasteiger partial charge on any atom is -0.496 e. The summed E-state index contributed by atoms with van der Waals surface area (Å²) in [5, 5.41) is 15.0. The molecule has 11 nitrogen and oxygen atoms in total. The summed E-state index contributed by atoms with van der Waals surface area (Å²) in [5.74, 6) is 1.16. The summed E-state index contributed by atoms with van der Waals surface area (Å²) in [7, 11) is 4.55. The largest absolute Gasteiger partial charge is 0.496 e. The summed E-state index contributed by atoms with van der Waals surface area (Å²) in [4.78, 5) is 23.0. The number of carbonyl (C=O) groups excluding carboxylic acids is 1. The van der Waals surface area contributed by atoms with Gasteiger partial charge in [0.1, 0.15) is 11.8 Å². The van der Waals surface area contributed by atoms with Crippen LogP contribution < -0.4 is 30.5 Å². The number of hydrogen-bond acceptors (Lipinski definition) is 9. The van der Waals surface area contributed by atoms with Crippen LogP contribution in [0.25, 0.3) is 0 Å². The number of methoxy groups -OCH3 is 3. The van der Waals surface area contributed by atoms with Crippen molar-refractivity contribution in [2.75, 3.05) is 21.3 Å². The summed E-state index contributed by atoms with van der Waals surface area (Å²) in [5.41, 5.74) is 9.67. The monoisotopic (exact) mass is 429 g/mol. The van der Waals surface area contributed by atoms with Crippen molar-refractivity contribution in [3.05, 3.63) is 57.6 Å². The van der Waals surface area contributed by atoms with E-state index in [2.05, 4.69) is 21.4 Å². The minimum atomic E-state index is -0.561. The highest BCUT2D eigenvalue weighted by Gasteiger charge is 2.30. The van der Waals surface area contributed by atoms with E-state index in [1.165, 1.54) is 39.7 Å².